The molecule has 0 atom stereocenters. The van der Waals surface area contributed by atoms with Crippen LogP contribution < -0.4 is 13.8 Å². The first kappa shape index (κ1) is 28.2. The van der Waals surface area contributed by atoms with Crippen LogP contribution in [0.3, 0.4) is 0 Å². The monoisotopic (exact) mass is 574 g/mol. The molecule has 1 N–H and O–H groups in total. The van der Waals surface area contributed by atoms with Gasteiger partial charge in [-0.15, -0.1) is 0 Å². The number of amides is 2. The van der Waals surface area contributed by atoms with Crippen molar-refractivity contribution in [3.63, 3.8) is 0 Å². The Morgan fingerprint density at radius 3 is 2.42 bits per heavy atom. The summed E-state index contributed by atoms with van der Waals surface area (Å²) in [6.45, 7) is 7.18. The second-order valence-corrected chi connectivity index (χ2v) is 13.0. The van der Waals surface area contributed by atoms with E-state index in [0.717, 1.165) is 28.3 Å². The number of hydrogen-bond donors (Lipinski definition) is 1. The highest BCUT2D eigenvalue weighted by Crippen LogP contribution is 2.41. The normalized spacial score (nSPS) is 19.8. The molecule has 3 heterocycles. The molecule has 2 amide bonds. The fourth-order valence-electron chi connectivity index (χ4n) is 5.42. The van der Waals surface area contributed by atoms with E-state index in [1.165, 1.54) is 0 Å². The Kier molecular flexibility index (Phi) is 7.66. The van der Waals surface area contributed by atoms with Crippen LogP contribution in [-0.2, 0) is 39.3 Å². The maximum absolute atomic E-state index is 16.3. The fraction of sp³-hybridized carbons (Fsp3) is 0.500. The highest BCUT2D eigenvalue weighted by Gasteiger charge is 2.40. The molecule has 3 aliphatic heterocycles. The molecule has 0 unspecified atom stereocenters. The molecule has 0 spiro atoms. The lowest BCUT2D eigenvalue weighted by molar-refractivity contribution is -0.117. The van der Waals surface area contributed by atoms with Gasteiger partial charge in [-0.3, -0.25) is 9.69 Å². The second kappa shape index (κ2) is 10.9. The SMILES string of the molecule is CC(C)(C)OC(=O)N1CCC(N2CCc3cc(OCc4ccccc4)c(N4CC(=O)NS4(=O)=O)c(F)c3C2)CC1. The number of anilines is 1. The van der Waals surface area contributed by atoms with Gasteiger partial charge in [0.25, 0.3) is 5.91 Å². The van der Waals surface area contributed by atoms with Crippen LogP contribution in [0.15, 0.2) is 36.4 Å². The number of rotatable bonds is 5. The molecule has 0 aliphatic carbocycles. The molecule has 0 aromatic heterocycles. The molecule has 10 nitrogen and oxygen atoms in total. The number of carbonyl (C=O) groups excluding carboxylic acids is 2. The van der Waals surface area contributed by atoms with Crippen LogP contribution in [0, 0.1) is 5.82 Å². The highest BCUT2D eigenvalue weighted by atomic mass is 32.2. The summed E-state index contributed by atoms with van der Waals surface area (Å²) in [6.07, 6.45) is 1.67. The Labute approximate surface area is 234 Å². The van der Waals surface area contributed by atoms with Crippen LogP contribution in [0.25, 0.3) is 0 Å². The minimum Gasteiger partial charge on any atom is -0.487 e. The van der Waals surface area contributed by atoms with Gasteiger partial charge < -0.3 is 14.4 Å². The maximum atomic E-state index is 16.3. The zero-order valence-corrected chi connectivity index (χ0v) is 23.8. The first-order chi connectivity index (χ1) is 18.9. The highest BCUT2D eigenvalue weighted by molar-refractivity contribution is 7.92. The molecule has 2 aromatic carbocycles. The zero-order chi connectivity index (χ0) is 28.7. The summed E-state index contributed by atoms with van der Waals surface area (Å²) in [7, 11) is -4.25. The minimum absolute atomic E-state index is 0.0827. The standard InChI is InChI=1S/C28H35FN4O6S/c1-28(2,3)39-27(35)31-13-10-21(11-14-31)32-12-9-20-15-23(38-18-19-7-5-4-6-8-19)26(25(29)22(20)16-32)33-17-24(34)30-40(33,36)37/h4-8,15,21H,9-14,16-18H2,1-3H3,(H,30,34). The van der Waals surface area contributed by atoms with Crippen molar-refractivity contribution >= 4 is 27.9 Å². The van der Waals surface area contributed by atoms with Crippen LogP contribution in [0.5, 0.6) is 5.75 Å². The van der Waals surface area contributed by atoms with Crippen molar-refractivity contribution in [2.24, 2.45) is 0 Å². The lowest BCUT2D eigenvalue weighted by Crippen LogP contribution is -2.49. The van der Waals surface area contributed by atoms with Gasteiger partial charge in [0, 0.05) is 37.8 Å². The molecule has 0 bridgehead atoms. The smallest absolute Gasteiger partial charge is 0.410 e. The summed E-state index contributed by atoms with van der Waals surface area (Å²) in [6, 6.07) is 11.1. The number of carbonyl (C=O) groups is 2. The van der Waals surface area contributed by atoms with E-state index >= 15 is 4.39 Å². The Balaban J connectivity index is 1.37. The van der Waals surface area contributed by atoms with Gasteiger partial charge in [-0.1, -0.05) is 30.3 Å². The van der Waals surface area contributed by atoms with Gasteiger partial charge in [-0.05, 0) is 57.2 Å². The molecule has 3 aliphatic rings. The molecule has 2 aromatic rings. The number of hydrogen-bond acceptors (Lipinski definition) is 7. The van der Waals surface area contributed by atoms with E-state index in [0.29, 0.717) is 38.2 Å². The van der Waals surface area contributed by atoms with Crippen LogP contribution in [0.4, 0.5) is 14.9 Å². The number of fused-ring (bicyclic) bond motifs is 1. The molecule has 5 rings (SSSR count). The van der Waals surface area contributed by atoms with Gasteiger partial charge in [-0.2, -0.15) is 8.42 Å². The Morgan fingerprint density at radius 2 is 1.80 bits per heavy atom. The van der Waals surface area contributed by atoms with E-state index in [2.05, 4.69) is 4.90 Å². The van der Waals surface area contributed by atoms with E-state index in [-0.39, 0.29) is 30.2 Å². The van der Waals surface area contributed by atoms with Crippen molar-refractivity contribution in [1.82, 2.24) is 14.5 Å². The second-order valence-electron chi connectivity index (χ2n) is 11.4. The first-order valence-corrected chi connectivity index (χ1v) is 14.9. The zero-order valence-electron chi connectivity index (χ0n) is 23.0. The number of piperidine rings is 1. The number of halogens is 1. The number of ether oxygens (including phenoxy) is 2. The fourth-order valence-corrected chi connectivity index (χ4v) is 6.58. The lowest BCUT2D eigenvalue weighted by Gasteiger charge is -2.41. The van der Waals surface area contributed by atoms with Crippen molar-refractivity contribution in [2.45, 2.75) is 64.8 Å². The van der Waals surface area contributed by atoms with Crippen LogP contribution in [0.1, 0.15) is 50.3 Å². The molecule has 12 heteroatoms. The summed E-state index contributed by atoms with van der Waals surface area (Å²) < 4.78 is 55.9. The van der Waals surface area contributed by atoms with Crippen molar-refractivity contribution < 1.29 is 31.9 Å². The van der Waals surface area contributed by atoms with E-state index in [4.69, 9.17) is 9.47 Å². The summed E-state index contributed by atoms with van der Waals surface area (Å²) in [5.41, 5.74) is 1.18. The van der Waals surface area contributed by atoms with Crippen molar-refractivity contribution in [2.75, 3.05) is 30.5 Å². The number of benzene rings is 2. The third-order valence-corrected chi connectivity index (χ3v) is 8.75. The Bertz CT molecular complexity index is 1390. The molecule has 0 saturated carbocycles. The van der Waals surface area contributed by atoms with Gasteiger partial charge in [0.15, 0.2) is 5.82 Å². The van der Waals surface area contributed by atoms with Crippen molar-refractivity contribution in [3.8, 4) is 5.75 Å². The van der Waals surface area contributed by atoms with Crippen molar-refractivity contribution in [3.05, 3.63) is 58.9 Å². The van der Waals surface area contributed by atoms with E-state index in [9.17, 15) is 18.0 Å². The summed E-state index contributed by atoms with van der Waals surface area (Å²) in [4.78, 5) is 28.4. The quantitative estimate of drug-likeness (QED) is 0.584. The van der Waals surface area contributed by atoms with Gasteiger partial charge in [-0.25, -0.2) is 18.2 Å². The molecule has 2 fully saturated rings. The maximum Gasteiger partial charge on any atom is 0.410 e. The number of nitrogens with one attached hydrogen (secondary N) is 1. The molecule has 40 heavy (non-hydrogen) atoms. The summed E-state index contributed by atoms with van der Waals surface area (Å²) >= 11 is 0. The number of nitrogens with zero attached hydrogens (tertiary/aromatic N) is 3. The van der Waals surface area contributed by atoms with E-state index in [1.807, 2.05) is 55.8 Å². The molecule has 0 radical (unpaired) electrons. The Morgan fingerprint density at radius 1 is 1.10 bits per heavy atom. The van der Waals surface area contributed by atoms with Gasteiger partial charge in [0.1, 0.15) is 30.2 Å². The van der Waals surface area contributed by atoms with E-state index < -0.39 is 34.1 Å². The molecule has 216 valence electrons. The summed E-state index contributed by atoms with van der Waals surface area (Å²) in [5, 5.41) is 0. The van der Waals surface area contributed by atoms with Gasteiger partial charge in [0.2, 0.25) is 0 Å². The third-order valence-electron chi connectivity index (χ3n) is 7.37. The average Bonchev–Trinajstić information content (AvgIpc) is 3.18. The summed E-state index contributed by atoms with van der Waals surface area (Å²) in [5.74, 6) is -1.35. The molecular weight excluding hydrogens is 539 g/mol. The number of likely N-dealkylation sites (tertiary alicyclic amines) is 1. The predicted molar refractivity (Wildman–Crippen MR) is 147 cm³/mol. The largest absolute Gasteiger partial charge is 0.487 e. The topological polar surface area (TPSA) is 108 Å². The van der Waals surface area contributed by atoms with Gasteiger partial charge in [0.05, 0.1) is 0 Å². The van der Waals surface area contributed by atoms with Crippen molar-refractivity contribution in [1.29, 1.82) is 0 Å². The van der Waals surface area contributed by atoms with Crippen LogP contribution in [-0.4, -0.2) is 68.0 Å². The van der Waals surface area contributed by atoms with E-state index in [1.54, 1.807) is 11.0 Å². The molecular formula is C28H35FN4O6S. The first-order valence-electron chi connectivity index (χ1n) is 13.5. The van der Waals surface area contributed by atoms with Crippen LogP contribution >= 0.6 is 0 Å². The molecule has 2 saturated heterocycles. The van der Waals surface area contributed by atoms with Gasteiger partial charge >= 0.3 is 16.3 Å². The lowest BCUT2D eigenvalue weighted by atomic mass is 9.94. The predicted octanol–water partition coefficient (Wildman–Crippen LogP) is 3.34. The average molecular weight is 575 g/mol. The minimum atomic E-state index is -4.25. The van der Waals surface area contributed by atoms with Crippen LogP contribution in [0.2, 0.25) is 0 Å². The third kappa shape index (κ3) is 6.02. The Hall–Kier alpha value is -3.38.